The first-order chi connectivity index (χ1) is 23.3. The molecule has 0 aliphatic heterocycles. The van der Waals surface area contributed by atoms with Gasteiger partial charge < -0.3 is 0 Å². The van der Waals surface area contributed by atoms with Crippen LogP contribution in [0.5, 0.6) is 0 Å². The number of unbranched alkanes of at least 4 members (excludes halogenated alkanes) is 6. The normalized spacial score (nSPS) is 12.4. The van der Waals surface area contributed by atoms with Crippen LogP contribution in [0.25, 0.3) is 0 Å². The van der Waals surface area contributed by atoms with Crippen molar-refractivity contribution in [2.45, 2.75) is 44.9 Å². The van der Waals surface area contributed by atoms with Gasteiger partial charge in [-0.1, -0.05) is 0 Å². The van der Waals surface area contributed by atoms with Gasteiger partial charge in [0, 0.05) is 0 Å². The molecule has 0 unspecified atom stereocenters. The van der Waals surface area contributed by atoms with Gasteiger partial charge in [0.15, 0.2) is 0 Å². The molecule has 0 aliphatic rings. The van der Waals surface area contributed by atoms with Crippen molar-refractivity contribution >= 4 is 46.4 Å². The topological polar surface area (TPSA) is 0 Å². The Hall–Kier alpha value is -3.82. The maximum absolute atomic E-state index is 2.38. The van der Waals surface area contributed by atoms with E-state index < -0.39 is 14.5 Å². The SMILES string of the molecule is c1ccc([PH](CCCCCCCCC[PH](c2ccccc2)(c2ccccc2)c2ccccc2)(c2ccccc2)c2ccccc2)cc1. The van der Waals surface area contributed by atoms with E-state index in [-0.39, 0.29) is 0 Å². The molecule has 0 saturated carbocycles. The van der Waals surface area contributed by atoms with Gasteiger partial charge in [0.25, 0.3) is 0 Å². The fourth-order valence-corrected chi connectivity index (χ4v) is 17.7. The molecule has 6 rings (SSSR count). The third kappa shape index (κ3) is 7.68. The van der Waals surface area contributed by atoms with Gasteiger partial charge in [-0.15, -0.1) is 0 Å². The van der Waals surface area contributed by atoms with Gasteiger partial charge in [0.05, 0.1) is 0 Å². The monoisotopic (exact) mass is 652 g/mol. The summed E-state index contributed by atoms with van der Waals surface area (Å²) >= 11 is 0. The molecule has 0 aromatic heterocycles. The molecule has 0 N–H and O–H groups in total. The first-order valence-electron chi connectivity index (χ1n) is 17.7. The third-order valence-corrected chi connectivity index (χ3v) is 20.3. The maximum atomic E-state index is 2.38. The van der Waals surface area contributed by atoms with Gasteiger partial charge in [-0.2, -0.15) is 0 Å². The summed E-state index contributed by atoms with van der Waals surface area (Å²) in [6.07, 6.45) is 11.6. The van der Waals surface area contributed by atoms with Crippen LogP contribution < -0.4 is 31.8 Å². The summed E-state index contributed by atoms with van der Waals surface area (Å²) < 4.78 is 0. The van der Waals surface area contributed by atoms with Crippen LogP contribution in [0.3, 0.4) is 0 Å². The zero-order valence-corrected chi connectivity index (χ0v) is 29.7. The van der Waals surface area contributed by atoms with Gasteiger partial charge in [0.1, 0.15) is 0 Å². The Labute approximate surface area is 284 Å². The molecule has 6 aromatic carbocycles. The second kappa shape index (κ2) is 16.8. The average molecular weight is 653 g/mol. The summed E-state index contributed by atoms with van der Waals surface area (Å²) in [5, 5.41) is 9.17. The van der Waals surface area contributed by atoms with E-state index in [2.05, 4.69) is 182 Å². The molecular formula is C45H50P2. The fraction of sp³-hybridized carbons (Fsp3) is 0.200. The Balaban J connectivity index is 1.09. The zero-order valence-electron chi connectivity index (χ0n) is 27.7. The van der Waals surface area contributed by atoms with Crippen molar-refractivity contribution in [3.63, 3.8) is 0 Å². The van der Waals surface area contributed by atoms with Crippen molar-refractivity contribution in [2.75, 3.05) is 12.3 Å². The molecule has 240 valence electrons. The first-order valence-corrected chi connectivity index (χ1v) is 22.1. The Morgan fingerprint density at radius 1 is 0.213 bits per heavy atom. The van der Waals surface area contributed by atoms with E-state index in [9.17, 15) is 0 Å². The van der Waals surface area contributed by atoms with Crippen LogP contribution >= 0.6 is 14.5 Å². The van der Waals surface area contributed by atoms with Gasteiger partial charge >= 0.3 is 286 Å². The Kier molecular flexibility index (Phi) is 11.9. The standard InChI is InChI=1S/C45H50P2/c1(2-4-24-38-46(40-26-12-6-13-27-40,41-28-14-7-15-29-41)42-30-16-8-17-31-42)3-5-25-39-47(43-32-18-9-19-33-43,44-34-20-10-21-35-44)45-36-22-11-23-37-45/h6-23,26-37,46-47H,1-5,24-25,38-39H2. The molecule has 0 aliphatic carbocycles. The van der Waals surface area contributed by atoms with Gasteiger partial charge in [-0.05, 0) is 0 Å². The summed E-state index contributed by atoms with van der Waals surface area (Å²) in [6.45, 7) is 0. The molecule has 0 fully saturated rings. The van der Waals surface area contributed by atoms with Crippen molar-refractivity contribution in [2.24, 2.45) is 0 Å². The zero-order chi connectivity index (χ0) is 32.0. The molecule has 0 nitrogen and oxygen atoms in total. The summed E-state index contributed by atoms with van der Waals surface area (Å²) in [5.74, 6) is 0. The molecule has 0 spiro atoms. The van der Waals surface area contributed by atoms with E-state index in [0.29, 0.717) is 0 Å². The second-order valence-electron chi connectivity index (χ2n) is 13.0. The number of benzene rings is 6. The van der Waals surface area contributed by atoms with E-state index in [1.54, 1.807) is 0 Å². The molecule has 0 saturated heterocycles. The Morgan fingerprint density at radius 3 is 0.574 bits per heavy atom. The number of hydrogen-bond acceptors (Lipinski definition) is 0. The summed E-state index contributed by atoms with van der Waals surface area (Å²) in [4.78, 5) is 0. The van der Waals surface area contributed by atoms with Crippen LogP contribution in [0.4, 0.5) is 0 Å². The van der Waals surface area contributed by atoms with Gasteiger partial charge in [0.2, 0.25) is 0 Å². The van der Waals surface area contributed by atoms with Crippen LogP contribution in [0.15, 0.2) is 182 Å². The molecule has 0 atom stereocenters. The molecule has 2 heteroatoms. The van der Waals surface area contributed by atoms with E-state index in [4.69, 9.17) is 0 Å². The van der Waals surface area contributed by atoms with Crippen molar-refractivity contribution in [1.82, 2.24) is 0 Å². The second-order valence-corrected chi connectivity index (χ2v) is 21.1. The molecule has 47 heavy (non-hydrogen) atoms. The minimum absolute atomic E-state index is 1.25. The molecular weight excluding hydrogens is 602 g/mol. The van der Waals surface area contributed by atoms with Gasteiger partial charge in [-0.25, -0.2) is 0 Å². The predicted molar refractivity (Wildman–Crippen MR) is 215 cm³/mol. The third-order valence-electron chi connectivity index (χ3n) is 10.2. The predicted octanol–water partition coefficient (Wildman–Crippen LogP) is 9.17. The van der Waals surface area contributed by atoms with Crippen LogP contribution in [0.1, 0.15) is 44.9 Å². The van der Waals surface area contributed by atoms with Crippen molar-refractivity contribution in [1.29, 1.82) is 0 Å². The molecule has 0 amide bonds. The summed E-state index contributed by atoms with van der Waals surface area (Å²) in [6, 6.07) is 68.3. The first kappa shape index (κ1) is 33.1. The Morgan fingerprint density at radius 2 is 0.383 bits per heavy atom. The van der Waals surface area contributed by atoms with Crippen LogP contribution in [0, 0.1) is 0 Å². The van der Waals surface area contributed by atoms with Crippen molar-refractivity contribution in [3.8, 4) is 0 Å². The summed E-state index contributed by atoms with van der Waals surface area (Å²) in [7, 11) is -4.24. The summed E-state index contributed by atoms with van der Waals surface area (Å²) in [5.41, 5.74) is 0. The van der Waals surface area contributed by atoms with Gasteiger partial charge in [-0.3, -0.25) is 0 Å². The Bertz CT molecular complexity index is 1400. The molecule has 0 heterocycles. The fourth-order valence-electron chi connectivity index (χ4n) is 7.87. The molecule has 0 bridgehead atoms. The van der Waals surface area contributed by atoms with Crippen LogP contribution in [0.2, 0.25) is 0 Å². The van der Waals surface area contributed by atoms with Crippen LogP contribution in [-0.2, 0) is 0 Å². The minimum atomic E-state index is -2.12. The molecule has 6 aromatic rings. The van der Waals surface area contributed by atoms with E-state index in [1.165, 1.54) is 89.1 Å². The van der Waals surface area contributed by atoms with E-state index >= 15 is 0 Å². The van der Waals surface area contributed by atoms with Crippen molar-refractivity contribution in [3.05, 3.63) is 182 Å². The van der Waals surface area contributed by atoms with Crippen LogP contribution in [-0.4, -0.2) is 12.3 Å². The average Bonchev–Trinajstić information content (AvgIpc) is 3.16. The van der Waals surface area contributed by atoms with E-state index in [1.807, 2.05) is 0 Å². The molecule has 0 radical (unpaired) electrons. The number of hydrogen-bond donors (Lipinski definition) is 0. The van der Waals surface area contributed by atoms with Crippen molar-refractivity contribution < 1.29 is 0 Å². The quantitative estimate of drug-likeness (QED) is 0.0723. The number of rotatable bonds is 16. The van der Waals surface area contributed by atoms with E-state index in [0.717, 1.165) is 0 Å².